The van der Waals surface area contributed by atoms with Crippen molar-refractivity contribution in [2.24, 2.45) is 0 Å². The summed E-state index contributed by atoms with van der Waals surface area (Å²) in [6.07, 6.45) is 3.68. The number of benzene rings is 2. The highest BCUT2D eigenvalue weighted by Crippen LogP contribution is 2.37. The van der Waals surface area contributed by atoms with Crippen molar-refractivity contribution in [1.29, 1.82) is 0 Å². The molecule has 2 aromatic carbocycles. The molecule has 0 atom stereocenters. The summed E-state index contributed by atoms with van der Waals surface area (Å²) in [5.74, 6) is -0.130. The van der Waals surface area contributed by atoms with E-state index in [1.807, 2.05) is 50.2 Å². The highest BCUT2D eigenvalue weighted by molar-refractivity contribution is 7.18. The molecule has 0 amide bonds. The third-order valence-corrected chi connectivity index (χ3v) is 6.48. The molecule has 7 heteroatoms. The lowest BCUT2D eigenvalue weighted by atomic mass is 9.96. The Kier molecular flexibility index (Phi) is 8.29. The van der Waals surface area contributed by atoms with Gasteiger partial charge in [-0.15, -0.1) is 11.3 Å². The molecular formula is C25H29ClN2O3S. The maximum atomic E-state index is 10.9. The van der Waals surface area contributed by atoms with Gasteiger partial charge in [0.15, 0.2) is 0 Å². The number of nitrogens with zero attached hydrogens (tertiary/aromatic N) is 2. The molecule has 0 bridgehead atoms. The molecular weight excluding hydrogens is 444 g/mol. The smallest absolute Gasteiger partial charge is 0.317 e. The standard InChI is InChI=1S/C25H29ClN2O3S/c1-5-19-17(11-12-28(4)15-24(29)30)7-6-8-20(19)23-14-27-25(32-23)18-9-10-22(21(26)13-18)31-16(2)3/h6-10,13-14,16H,5,11-12,15H2,1-4H3,(H,29,30). The van der Waals surface area contributed by atoms with Crippen LogP contribution in [0.4, 0.5) is 0 Å². The predicted octanol–water partition coefficient (Wildman–Crippen LogP) is 6.04. The van der Waals surface area contributed by atoms with Gasteiger partial charge in [-0.3, -0.25) is 9.69 Å². The molecule has 0 radical (unpaired) electrons. The Morgan fingerprint density at radius 1 is 1.28 bits per heavy atom. The highest BCUT2D eigenvalue weighted by Gasteiger charge is 2.15. The SMILES string of the molecule is CCc1c(CCN(C)CC(=O)O)cccc1-c1cnc(-c2ccc(OC(C)C)c(Cl)c2)s1. The fourth-order valence-corrected chi connectivity index (χ4v) is 4.84. The van der Waals surface area contributed by atoms with E-state index in [-0.39, 0.29) is 12.6 Å². The number of thiazole rings is 1. The number of halogens is 1. The van der Waals surface area contributed by atoms with Crippen molar-refractivity contribution in [2.45, 2.75) is 39.7 Å². The lowest BCUT2D eigenvalue weighted by Crippen LogP contribution is -2.27. The van der Waals surface area contributed by atoms with Gasteiger partial charge in [0.1, 0.15) is 10.8 Å². The molecule has 0 aliphatic heterocycles. The summed E-state index contributed by atoms with van der Waals surface area (Å²) in [5, 5.41) is 10.5. The van der Waals surface area contributed by atoms with Crippen LogP contribution in [0.15, 0.2) is 42.6 Å². The van der Waals surface area contributed by atoms with E-state index < -0.39 is 5.97 Å². The number of hydrogen-bond acceptors (Lipinski definition) is 5. The van der Waals surface area contributed by atoms with Gasteiger partial charge in [0.2, 0.25) is 0 Å². The first kappa shape index (κ1) is 24.2. The van der Waals surface area contributed by atoms with Gasteiger partial charge >= 0.3 is 5.97 Å². The van der Waals surface area contributed by atoms with Crippen LogP contribution in [0.25, 0.3) is 21.0 Å². The topological polar surface area (TPSA) is 62.7 Å². The minimum absolute atomic E-state index is 0.0446. The number of likely N-dealkylation sites (N-methyl/N-ethyl adjacent to an activating group) is 1. The normalized spacial score (nSPS) is 11.3. The van der Waals surface area contributed by atoms with E-state index in [1.165, 1.54) is 16.7 Å². The molecule has 3 rings (SSSR count). The Bertz CT molecular complexity index is 1080. The number of carboxylic acids is 1. The number of aromatic nitrogens is 1. The Morgan fingerprint density at radius 2 is 2.06 bits per heavy atom. The number of ether oxygens (including phenoxy) is 1. The zero-order valence-corrected chi connectivity index (χ0v) is 20.5. The highest BCUT2D eigenvalue weighted by atomic mass is 35.5. The summed E-state index contributed by atoms with van der Waals surface area (Å²) in [6, 6.07) is 12.1. The third kappa shape index (κ3) is 6.09. The number of carboxylic acid groups (broad SMARTS) is 1. The van der Waals surface area contributed by atoms with Crippen LogP contribution in [-0.4, -0.2) is 47.2 Å². The van der Waals surface area contributed by atoms with Gasteiger partial charge in [-0.1, -0.05) is 36.7 Å². The van der Waals surface area contributed by atoms with E-state index in [2.05, 4.69) is 30.1 Å². The molecule has 1 aromatic heterocycles. The van der Waals surface area contributed by atoms with Crippen LogP contribution in [-0.2, 0) is 17.6 Å². The Morgan fingerprint density at radius 3 is 2.72 bits per heavy atom. The van der Waals surface area contributed by atoms with Crippen molar-refractivity contribution >= 4 is 28.9 Å². The molecule has 0 saturated heterocycles. The Balaban J connectivity index is 1.84. The number of rotatable bonds is 10. The van der Waals surface area contributed by atoms with Crippen LogP contribution in [0.3, 0.4) is 0 Å². The lowest BCUT2D eigenvalue weighted by Gasteiger charge is -2.17. The molecule has 0 fully saturated rings. The maximum absolute atomic E-state index is 10.9. The monoisotopic (exact) mass is 472 g/mol. The molecule has 0 unspecified atom stereocenters. The van der Waals surface area contributed by atoms with Gasteiger partial charge in [0.05, 0.1) is 22.5 Å². The zero-order valence-electron chi connectivity index (χ0n) is 18.9. The minimum atomic E-state index is -0.807. The maximum Gasteiger partial charge on any atom is 0.317 e. The summed E-state index contributed by atoms with van der Waals surface area (Å²) in [6.45, 7) is 6.84. The van der Waals surface area contributed by atoms with Crippen molar-refractivity contribution in [3.05, 3.63) is 58.7 Å². The van der Waals surface area contributed by atoms with Crippen LogP contribution in [0.2, 0.25) is 5.02 Å². The van der Waals surface area contributed by atoms with Crippen molar-refractivity contribution in [3.8, 4) is 26.8 Å². The Labute approximate surface area is 198 Å². The third-order valence-electron chi connectivity index (χ3n) is 5.11. The van der Waals surface area contributed by atoms with Crippen LogP contribution in [0.1, 0.15) is 31.9 Å². The second-order valence-electron chi connectivity index (χ2n) is 8.02. The van der Waals surface area contributed by atoms with Crippen molar-refractivity contribution < 1.29 is 14.6 Å². The summed E-state index contributed by atoms with van der Waals surface area (Å²) in [4.78, 5) is 18.5. The van der Waals surface area contributed by atoms with Crippen molar-refractivity contribution in [2.75, 3.05) is 20.1 Å². The minimum Gasteiger partial charge on any atom is -0.489 e. The molecule has 32 heavy (non-hydrogen) atoms. The number of aliphatic carboxylic acids is 1. The summed E-state index contributed by atoms with van der Waals surface area (Å²) < 4.78 is 5.73. The van der Waals surface area contributed by atoms with E-state index in [0.717, 1.165) is 28.3 Å². The molecule has 3 aromatic rings. The second-order valence-corrected chi connectivity index (χ2v) is 9.46. The molecule has 1 N–H and O–H groups in total. The van der Waals surface area contributed by atoms with Gasteiger partial charge < -0.3 is 9.84 Å². The van der Waals surface area contributed by atoms with Crippen LogP contribution >= 0.6 is 22.9 Å². The summed E-state index contributed by atoms with van der Waals surface area (Å²) in [5.41, 5.74) is 4.67. The van der Waals surface area contributed by atoms with E-state index in [0.29, 0.717) is 17.3 Å². The van der Waals surface area contributed by atoms with Gasteiger partial charge in [0, 0.05) is 18.3 Å². The summed E-state index contributed by atoms with van der Waals surface area (Å²) >= 11 is 8.06. The Hall–Kier alpha value is -2.41. The van der Waals surface area contributed by atoms with Crippen molar-refractivity contribution in [1.82, 2.24) is 9.88 Å². The van der Waals surface area contributed by atoms with E-state index in [4.69, 9.17) is 21.4 Å². The molecule has 0 aliphatic carbocycles. The molecule has 0 aliphatic rings. The molecule has 5 nitrogen and oxygen atoms in total. The average molecular weight is 473 g/mol. The molecule has 0 saturated carbocycles. The van der Waals surface area contributed by atoms with E-state index >= 15 is 0 Å². The fraction of sp³-hybridized carbons (Fsp3) is 0.360. The second kappa shape index (κ2) is 10.9. The first-order valence-corrected chi connectivity index (χ1v) is 11.9. The zero-order chi connectivity index (χ0) is 23.3. The number of hydrogen-bond donors (Lipinski definition) is 1. The largest absolute Gasteiger partial charge is 0.489 e. The lowest BCUT2D eigenvalue weighted by molar-refractivity contribution is -0.137. The van der Waals surface area contributed by atoms with Gasteiger partial charge in [0.25, 0.3) is 0 Å². The number of carbonyl (C=O) groups is 1. The van der Waals surface area contributed by atoms with E-state index in [1.54, 1.807) is 11.3 Å². The average Bonchev–Trinajstić information content (AvgIpc) is 3.22. The van der Waals surface area contributed by atoms with Gasteiger partial charge in [-0.2, -0.15) is 0 Å². The molecule has 0 spiro atoms. The molecule has 1 heterocycles. The van der Waals surface area contributed by atoms with Crippen LogP contribution in [0, 0.1) is 0 Å². The van der Waals surface area contributed by atoms with Crippen LogP contribution in [0.5, 0.6) is 5.75 Å². The van der Waals surface area contributed by atoms with E-state index in [9.17, 15) is 4.79 Å². The van der Waals surface area contributed by atoms with Gasteiger partial charge in [-0.05, 0) is 68.6 Å². The quantitative estimate of drug-likeness (QED) is 0.389. The first-order chi connectivity index (χ1) is 15.3. The van der Waals surface area contributed by atoms with Crippen molar-refractivity contribution in [3.63, 3.8) is 0 Å². The predicted molar refractivity (Wildman–Crippen MR) is 132 cm³/mol. The molecule has 170 valence electrons. The fourth-order valence-electron chi connectivity index (χ4n) is 3.65. The van der Waals surface area contributed by atoms with Gasteiger partial charge in [-0.25, -0.2) is 4.98 Å². The van der Waals surface area contributed by atoms with Crippen LogP contribution < -0.4 is 4.74 Å². The summed E-state index contributed by atoms with van der Waals surface area (Å²) in [7, 11) is 1.83. The first-order valence-electron chi connectivity index (χ1n) is 10.7.